The second-order valence-corrected chi connectivity index (χ2v) is 6.33. The van der Waals surface area contributed by atoms with Gasteiger partial charge in [0.1, 0.15) is 17.3 Å². The van der Waals surface area contributed by atoms with Crippen LogP contribution in [0.3, 0.4) is 0 Å². The van der Waals surface area contributed by atoms with Gasteiger partial charge in [0.2, 0.25) is 5.43 Å². The topological polar surface area (TPSA) is 94.7 Å². The Morgan fingerprint density at radius 2 is 2.11 bits per heavy atom. The quantitative estimate of drug-likeness (QED) is 0.745. The molecule has 1 amide bonds. The number of nitrogens with zero attached hydrogens (tertiary/aromatic N) is 5. The van der Waals surface area contributed by atoms with Crippen molar-refractivity contribution in [1.82, 2.24) is 29.9 Å². The zero-order chi connectivity index (χ0) is 19.0. The van der Waals surface area contributed by atoms with Gasteiger partial charge in [-0.15, -0.1) is 10.2 Å². The maximum atomic E-state index is 14.1. The van der Waals surface area contributed by atoms with Crippen LogP contribution in [0.4, 0.5) is 4.39 Å². The zero-order valence-electron chi connectivity index (χ0n) is 14.6. The van der Waals surface area contributed by atoms with Crippen LogP contribution in [0.15, 0.2) is 35.1 Å². The number of amides is 1. The molecule has 8 nitrogen and oxygen atoms in total. The Morgan fingerprint density at radius 1 is 1.30 bits per heavy atom. The summed E-state index contributed by atoms with van der Waals surface area (Å²) in [5, 5.41) is 14.9. The van der Waals surface area contributed by atoms with Crippen molar-refractivity contribution in [3.8, 4) is 5.69 Å². The van der Waals surface area contributed by atoms with Gasteiger partial charge in [-0.3, -0.25) is 9.59 Å². The monoisotopic (exact) mass is 368 g/mol. The summed E-state index contributed by atoms with van der Waals surface area (Å²) in [5.41, 5.74) is -0.231. The highest BCUT2D eigenvalue weighted by atomic mass is 19.1. The molecule has 27 heavy (non-hydrogen) atoms. The number of para-hydroxylation sites is 1. The van der Waals surface area contributed by atoms with Crippen molar-refractivity contribution in [3.63, 3.8) is 0 Å². The fourth-order valence-corrected chi connectivity index (χ4v) is 3.16. The van der Waals surface area contributed by atoms with Gasteiger partial charge >= 0.3 is 0 Å². The first-order valence-electron chi connectivity index (χ1n) is 8.59. The molecule has 4 rings (SSSR count). The van der Waals surface area contributed by atoms with E-state index in [0.29, 0.717) is 11.5 Å². The van der Waals surface area contributed by atoms with E-state index < -0.39 is 17.2 Å². The smallest absolute Gasteiger partial charge is 0.276 e. The first-order valence-corrected chi connectivity index (χ1v) is 8.59. The molecule has 0 aliphatic carbocycles. The van der Waals surface area contributed by atoms with E-state index in [2.05, 4.69) is 20.6 Å². The van der Waals surface area contributed by atoms with E-state index in [9.17, 15) is 14.0 Å². The molecule has 0 atom stereocenters. The standard InChI is InChI=1S/C18H17FN6O2/c1-11-9-14(26)17(23-25(11)13-6-3-2-5-12(13)19)18(27)20-10-16-22-21-15-7-4-8-24(15)16/h2-3,5-6,9H,4,7-8,10H2,1H3,(H,20,27). The Labute approximate surface area is 153 Å². The molecule has 1 aliphatic rings. The number of aryl methyl sites for hydroxylation is 2. The van der Waals surface area contributed by atoms with E-state index >= 15 is 0 Å². The number of nitrogens with one attached hydrogen (secondary N) is 1. The van der Waals surface area contributed by atoms with Crippen LogP contribution < -0.4 is 10.7 Å². The van der Waals surface area contributed by atoms with Crippen molar-refractivity contribution < 1.29 is 9.18 Å². The summed E-state index contributed by atoms with van der Waals surface area (Å²) in [4.78, 5) is 24.7. The lowest BCUT2D eigenvalue weighted by Crippen LogP contribution is -2.32. The van der Waals surface area contributed by atoms with Crippen LogP contribution in [0.5, 0.6) is 0 Å². The average Bonchev–Trinajstić information content (AvgIpc) is 3.25. The lowest BCUT2D eigenvalue weighted by Gasteiger charge is -2.12. The summed E-state index contributed by atoms with van der Waals surface area (Å²) in [6.07, 6.45) is 1.87. The number of hydrogen-bond acceptors (Lipinski definition) is 5. The Morgan fingerprint density at radius 3 is 2.93 bits per heavy atom. The second kappa shape index (κ2) is 6.75. The van der Waals surface area contributed by atoms with Crippen LogP contribution in [0.2, 0.25) is 0 Å². The second-order valence-electron chi connectivity index (χ2n) is 6.33. The molecule has 3 heterocycles. The maximum absolute atomic E-state index is 14.1. The van der Waals surface area contributed by atoms with Gasteiger partial charge in [0.05, 0.1) is 6.54 Å². The summed E-state index contributed by atoms with van der Waals surface area (Å²) in [6, 6.07) is 7.30. The third-order valence-corrected chi connectivity index (χ3v) is 4.50. The maximum Gasteiger partial charge on any atom is 0.276 e. The molecule has 1 N–H and O–H groups in total. The average molecular weight is 368 g/mol. The minimum absolute atomic E-state index is 0.139. The van der Waals surface area contributed by atoms with Crippen LogP contribution in [-0.4, -0.2) is 30.5 Å². The number of carbonyl (C=O) groups excluding carboxylic acids is 1. The largest absolute Gasteiger partial charge is 0.343 e. The fraction of sp³-hybridized carbons (Fsp3) is 0.278. The molecule has 0 fully saturated rings. The molecule has 9 heteroatoms. The normalized spacial score (nSPS) is 12.8. The van der Waals surface area contributed by atoms with Gasteiger partial charge in [-0.05, 0) is 25.5 Å². The van der Waals surface area contributed by atoms with Gasteiger partial charge in [-0.1, -0.05) is 12.1 Å². The summed E-state index contributed by atoms with van der Waals surface area (Å²) >= 11 is 0. The van der Waals surface area contributed by atoms with E-state index in [1.807, 2.05) is 4.57 Å². The predicted molar refractivity (Wildman–Crippen MR) is 94.0 cm³/mol. The lowest BCUT2D eigenvalue weighted by atomic mass is 10.2. The summed E-state index contributed by atoms with van der Waals surface area (Å²) < 4.78 is 17.3. The minimum atomic E-state index is -0.638. The summed E-state index contributed by atoms with van der Waals surface area (Å²) in [7, 11) is 0. The highest BCUT2D eigenvalue weighted by molar-refractivity contribution is 5.91. The van der Waals surface area contributed by atoms with Gasteiger partial charge < -0.3 is 9.88 Å². The Kier molecular flexibility index (Phi) is 4.27. The van der Waals surface area contributed by atoms with Crippen LogP contribution in [0, 0.1) is 12.7 Å². The van der Waals surface area contributed by atoms with Crippen molar-refractivity contribution in [2.75, 3.05) is 0 Å². The molecule has 1 aliphatic heterocycles. The van der Waals surface area contributed by atoms with Crippen molar-refractivity contribution in [1.29, 1.82) is 0 Å². The number of carbonyl (C=O) groups is 1. The molecular formula is C18H17FN6O2. The molecule has 3 aromatic rings. The van der Waals surface area contributed by atoms with Crippen molar-refractivity contribution >= 4 is 5.91 Å². The van der Waals surface area contributed by atoms with Gasteiger partial charge in [0.15, 0.2) is 11.5 Å². The van der Waals surface area contributed by atoms with Crippen molar-refractivity contribution in [2.24, 2.45) is 0 Å². The summed E-state index contributed by atoms with van der Waals surface area (Å²) in [5.74, 6) is 0.398. The molecule has 0 spiro atoms. The Balaban J connectivity index is 1.61. The first kappa shape index (κ1) is 17.1. The van der Waals surface area contributed by atoms with Crippen LogP contribution in [-0.2, 0) is 19.5 Å². The SMILES string of the molecule is Cc1cc(=O)c(C(=O)NCc2nnc3n2CCC3)nn1-c1ccccc1F. The van der Waals surface area contributed by atoms with Crippen molar-refractivity contribution in [3.05, 3.63) is 69.4 Å². The number of benzene rings is 1. The van der Waals surface area contributed by atoms with Crippen molar-refractivity contribution in [2.45, 2.75) is 32.9 Å². The fourth-order valence-electron chi connectivity index (χ4n) is 3.16. The molecule has 0 saturated heterocycles. The molecule has 2 aromatic heterocycles. The molecule has 1 aromatic carbocycles. The molecule has 138 valence electrons. The molecule has 0 radical (unpaired) electrons. The highest BCUT2D eigenvalue weighted by Gasteiger charge is 2.20. The van der Waals surface area contributed by atoms with Gasteiger partial charge in [0.25, 0.3) is 5.91 Å². The van der Waals surface area contributed by atoms with E-state index in [0.717, 1.165) is 25.2 Å². The molecule has 0 bridgehead atoms. The van der Waals surface area contributed by atoms with Crippen LogP contribution in [0.1, 0.15) is 34.3 Å². The first-order chi connectivity index (χ1) is 13.0. The van der Waals surface area contributed by atoms with E-state index in [4.69, 9.17) is 0 Å². The Hall–Kier alpha value is -3.36. The molecule has 0 unspecified atom stereocenters. The molecular weight excluding hydrogens is 351 g/mol. The number of hydrogen-bond donors (Lipinski definition) is 1. The zero-order valence-corrected chi connectivity index (χ0v) is 14.6. The number of fused-ring (bicyclic) bond motifs is 1. The lowest BCUT2D eigenvalue weighted by molar-refractivity contribution is 0.0941. The van der Waals surface area contributed by atoms with Gasteiger partial charge in [-0.2, -0.15) is 5.10 Å². The minimum Gasteiger partial charge on any atom is -0.343 e. The van der Waals surface area contributed by atoms with Gasteiger partial charge in [-0.25, -0.2) is 9.07 Å². The van der Waals surface area contributed by atoms with E-state index in [1.165, 1.54) is 22.9 Å². The summed E-state index contributed by atoms with van der Waals surface area (Å²) in [6.45, 7) is 2.58. The van der Waals surface area contributed by atoms with E-state index in [-0.39, 0.29) is 17.9 Å². The van der Waals surface area contributed by atoms with E-state index in [1.54, 1.807) is 19.1 Å². The molecule has 0 saturated carbocycles. The number of halogens is 1. The van der Waals surface area contributed by atoms with Crippen LogP contribution >= 0.6 is 0 Å². The predicted octanol–water partition coefficient (Wildman–Crippen LogP) is 1.15. The van der Waals surface area contributed by atoms with Crippen LogP contribution in [0.25, 0.3) is 5.69 Å². The van der Waals surface area contributed by atoms with Gasteiger partial charge in [0, 0.05) is 24.7 Å². The number of rotatable bonds is 4. The number of aromatic nitrogens is 5. The highest BCUT2D eigenvalue weighted by Crippen LogP contribution is 2.14. The third kappa shape index (κ3) is 3.12. The Bertz CT molecular complexity index is 1090. The third-order valence-electron chi connectivity index (χ3n) is 4.50.